The molecule has 0 fully saturated rings. The summed E-state index contributed by atoms with van der Waals surface area (Å²) in [6, 6.07) is 11.8. The Bertz CT molecular complexity index is 1270. The number of hydrogen-bond donors (Lipinski definition) is 1. The highest BCUT2D eigenvalue weighted by atomic mass is 35.5. The van der Waals surface area contributed by atoms with Crippen molar-refractivity contribution in [2.45, 2.75) is 16.2 Å². The lowest BCUT2D eigenvalue weighted by Crippen LogP contribution is -2.22. The molecule has 3 rings (SSSR count). The van der Waals surface area contributed by atoms with Crippen LogP contribution in [0.4, 0.5) is 5.69 Å². The van der Waals surface area contributed by atoms with E-state index in [0.717, 1.165) is 15.6 Å². The van der Waals surface area contributed by atoms with E-state index in [-0.39, 0.29) is 16.6 Å². The van der Waals surface area contributed by atoms with Crippen LogP contribution in [0.1, 0.15) is 5.56 Å². The minimum Gasteiger partial charge on any atom is -0.325 e. The maximum Gasteiger partial charge on any atom is 0.242 e. The molecule has 1 amide bonds. The van der Waals surface area contributed by atoms with Crippen molar-refractivity contribution in [2.75, 3.05) is 25.2 Å². The predicted molar refractivity (Wildman–Crippen MR) is 129 cm³/mol. The Kier molecular flexibility index (Phi) is 7.55. The van der Waals surface area contributed by atoms with E-state index >= 15 is 0 Å². The lowest BCUT2D eigenvalue weighted by atomic mass is 10.2. The molecule has 0 saturated carbocycles. The minimum atomic E-state index is -3.59. The molecular weight excluding hydrogens is 496 g/mol. The average Bonchev–Trinajstić information content (AvgIpc) is 3.09. The highest BCUT2D eigenvalue weighted by Crippen LogP contribution is 2.26. The molecule has 1 heterocycles. The number of carbonyl (C=O) groups excluding carboxylic acids is 1. The van der Waals surface area contributed by atoms with E-state index in [1.165, 1.54) is 49.3 Å². The van der Waals surface area contributed by atoms with Crippen LogP contribution in [0.3, 0.4) is 0 Å². The standard InChI is InChI=1S/C19H19ClN4O3S4/c1-12-4-9-15(31(26,27)23(2)3)10-16(12)21-17(25)11-29-18-22-24(19(28)30-18)14-7-5-13(20)6-8-14/h4-10H,11H2,1-3H3,(H,21,25). The van der Waals surface area contributed by atoms with Crippen molar-refractivity contribution in [1.82, 2.24) is 14.1 Å². The van der Waals surface area contributed by atoms with Crippen LogP contribution >= 0.6 is 46.9 Å². The van der Waals surface area contributed by atoms with Crippen LogP contribution in [0.2, 0.25) is 5.02 Å². The fourth-order valence-corrected chi connectivity index (χ4v) is 5.70. The van der Waals surface area contributed by atoms with Gasteiger partial charge in [-0.3, -0.25) is 4.79 Å². The maximum atomic E-state index is 12.5. The molecule has 12 heteroatoms. The molecule has 7 nitrogen and oxygen atoms in total. The first-order valence-electron chi connectivity index (χ1n) is 8.90. The van der Waals surface area contributed by atoms with Gasteiger partial charge in [0.1, 0.15) is 0 Å². The minimum absolute atomic E-state index is 0.104. The molecule has 3 aromatic rings. The Morgan fingerprint density at radius 3 is 2.58 bits per heavy atom. The summed E-state index contributed by atoms with van der Waals surface area (Å²) in [5.74, 6) is -0.167. The maximum absolute atomic E-state index is 12.5. The van der Waals surface area contributed by atoms with Crippen LogP contribution in [-0.2, 0) is 14.8 Å². The molecule has 164 valence electrons. The van der Waals surface area contributed by atoms with Gasteiger partial charge in [0.2, 0.25) is 15.9 Å². The summed E-state index contributed by atoms with van der Waals surface area (Å²) in [6.07, 6.45) is 0. The molecule has 0 aliphatic rings. The van der Waals surface area contributed by atoms with Gasteiger partial charge in [-0.05, 0) is 61.1 Å². The van der Waals surface area contributed by atoms with Crippen LogP contribution in [0.25, 0.3) is 5.69 Å². The third-order valence-corrected chi connectivity index (χ3v) is 8.62. The lowest BCUT2D eigenvalue weighted by molar-refractivity contribution is -0.113. The van der Waals surface area contributed by atoms with Gasteiger partial charge in [-0.2, -0.15) is 0 Å². The number of anilines is 1. The van der Waals surface area contributed by atoms with Crippen molar-refractivity contribution in [2.24, 2.45) is 0 Å². The Balaban J connectivity index is 1.69. The highest BCUT2D eigenvalue weighted by Gasteiger charge is 2.19. The van der Waals surface area contributed by atoms with Gasteiger partial charge in [0.15, 0.2) is 8.29 Å². The molecule has 0 bridgehead atoms. The van der Waals surface area contributed by atoms with Gasteiger partial charge in [0.05, 0.1) is 16.3 Å². The van der Waals surface area contributed by atoms with E-state index in [0.29, 0.717) is 19.0 Å². The quantitative estimate of drug-likeness (QED) is 0.366. The average molecular weight is 515 g/mol. The topological polar surface area (TPSA) is 84.3 Å². The second-order valence-corrected chi connectivity index (χ2v) is 12.1. The molecule has 0 aliphatic carbocycles. The molecule has 0 spiro atoms. The van der Waals surface area contributed by atoms with Crippen LogP contribution in [0, 0.1) is 10.9 Å². The van der Waals surface area contributed by atoms with Crippen LogP contribution in [0.5, 0.6) is 0 Å². The van der Waals surface area contributed by atoms with E-state index in [9.17, 15) is 13.2 Å². The number of aryl methyl sites for hydroxylation is 1. The molecule has 0 radical (unpaired) electrons. The van der Waals surface area contributed by atoms with Crippen molar-refractivity contribution in [3.8, 4) is 5.69 Å². The highest BCUT2D eigenvalue weighted by molar-refractivity contribution is 8.01. The number of nitrogens with zero attached hydrogens (tertiary/aromatic N) is 3. The lowest BCUT2D eigenvalue weighted by Gasteiger charge is -2.14. The number of thioether (sulfide) groups is 1. The van der Waals surface area contributed by atoms with Gasteiger partial charge in [0, 0.05) is 24.8 Å². The van der Waals surface area contributed by atoms with Crippen LogP contribution in [0.15, 0.2) is 51.7 Å². The Morgan fingerprint density at radius 1 is 1.26 bits per heavy atom. The van der Waals surface area contributed by atoms with Crippen LogP contribution in [-0.4, -0.2) is 48.3 Å². The van der Waals surface area contributed by atoms with E-state index < -0.39 is 10.0 Å². The van der Waals surface area contributed by atoms with E-state index in [1.54, 1.807) is 29.8 Å². The first kappa shape index (κ1) is 23.9. The van der Waals surface area contributed by atoms with Crippen molar-refractivity contribution in [3.63, 3.8) is 0 Å². The summed E-state index contributed by atoms with van der Waals surface area (Å²) in [7, 11) is -0.672. The number of carbonyl (C=O) groups is 1. The largest absolute Gasteiger partial charge is 0.325 e. The number of aromatic nitrogens is 2. The molecular formula is C19H19ClN4O3S4. The van der Waals surface area contributed by atoms with E-state index in [4.69, 9.17) is 23.8 Å². The summed E-state index contributed by atoms with van der Waals surface area (Å²) in [4.78, 5) is 12.6. The number of nitrogens with one attached hydrogen (secondary N) is 1. The number of halogens is 1. The van der Waals surface area contributed by atoms with Gasteiger partial charge < -0.3 is 5.32 Å². The van der Waals surface area contributed by atoms with Gasteiger partial charge >= 0.3 is 0 Å². The Morgan fingerprint density at radius 2 is 1.94 bits per heavy atom. The Hall–Kier alpha value is -1.76. The Labute approximate surface area is 199 Å². The van der Waals surface area contributed by atoms with Gasteiger partial charge in [-0.1, -0.05) is 40.8 Å². The summed E-state index contributed by atoms with van der Waals surface area (Å²) in [6.45, 7) is 1.80. The van der Waals surface area contributed by atoms with Crippen molar-refractivity contribution >= 4 is 68.5 Å². The zero-order valence-corrected chi connectivity index (χ0v) is 20.8. The number of rotatable bonds is 7. The summed E-state index contributed by atoms with van der Waals surface area (Å²) < 4.78 is 28.6. The molecule has 0 unspecified atom stereocenters. The first-order valence-corrected chi connectivity index (χ1v) is 12.9. The first-order chi connectivity index (χ1) is 14.6. The molecule has 0 aliphatic heterocycles. The second-order valence-electron chi connectivity index (χ2n) is 6.62. The van der Waals surface area contributed by atoms with Gasteiger partial charge in [0.25, 0.3) is 0 Å². The van der Waals surface area contributed by atoms with E-state index in [2.05, 4.69) is 10.4 Å². The molecule has 31 heavy (non-hydrogen) atoms. The molecule has 0 atom stereocenters. The van der Waals surface area contributed by atoms with Gasteiger partial charge in [-0.25, -0.2) is 17.4 Å². The van der Waals surface area contributed by atoms with Crippen molar-refractivity contribution in [1.29, 1.82) is 0 Å². The molecule has 1 N–H and O–H groups in total. The summed E-state index contributed by atoms with van der Waals surface area (Å²) >= 11 is 13.9. The fourth-order valence-electron chi connectivity index (χ4n) is 2.49. The number of hydrogen-bond acceptors (Lipinski definition) is 7. The smallest absolute Gasteiger partial charge is 0.242 e. The van der Waals surface area contributed by atoms with E-state index in [1.807, 2.05) is 12.1 Å². The number of amides is 1. The van der Waals surface area contributed by atoms with Gasteiger partial charge in [-0.15, -0.1) is 5.10 Å². The van der Waals surface area contributed by atoms with Crippen molar-refractivity contribution < 1.29 is 13.2 Å². The fraction of sp³-hybridized carbons (Fsp3) is 0.211. The molecule has 1 aromatic heterocycles. The normalized spacial score (nSPS) is 11.6. The van der Waals surface area contributed by atoms with Crippen molar-refractivity contribution in [3.05, 3.63) is 57.0 Å². The number of sulfonamides is 1. The third kappa shape index (κ3) is 5.73. The SMILES string of the molecule is Cc1ccc(S(=O)(=O)N(C)C)cc1NC(=O)CSc1nn(-c2ccc(Cl)cc2)c(=S)s1. The molecule has 2 aromatic carbocycles. The zero-order valence-electron chi connectivity index (χ0n) is 16.8. The number of benzene rings is 2. The predicted octanol–water partition coefficient (Wildman–Crippen LogP) is 4.61. The summed E-state index contributed by atoms with van der Waals surface area (Å²) in [5.41, 5.74) is 2.00. The summed E-state index contributed by atoms with van der Waals surface area (Å²) in [5, 5.41) is 7.86. The monoisotopic (exact) mass is 514 g/mol. The van der Waals surface area contributed by atoms with Crippen LogP contribution < -0.4 is 5.32 Å². The second kappa shape index (κ2) is 9.80. The zero-order chi connectivity index (χ0) is 22.8. The third-order valence-electron chi connectivity index (χ3n) is 4.19. The molecule has 0 saturated heterocycles.